The molecule has 0 fully saturated rings. The Morgan fingerprint density at radius 3 is 2.70 bits per heavy atom. The van der Waals surface area contributed by atoms with Crippen LogP contribution in [-0.4, -0.2) is 12.2 Å². The maximum absolute atomic E-state index is 10.6. The van der Waals surface area contributed by atoms with E-state index in [0.717, 1.165) is 22.3 Å². The molecule has 2 aromatic rings. The molecular weight excluding hydrogens is 252 g/mol. The van der Waals surface area contributed by atoms with E-state index in [-0.39, 0.29) is 0 Å². The first-order chi connectivity index (χ1) is 9.69. The van der Waals surface area contributed by atoms with Gasteiger partial charge in [0.05, 0.1) is 20.3 Å². The van der Waals surface area contributed by atoms with Crippen molar-refractivity contribution in [3.63, 3.8) is 0 Å². The summed E-state index contributed by atoms with van der Waals surface area (Å²) in [6, 6.07) is 11.8. The van der Waals surface area contributed by atoms with Gasteiger partial charge in [0, 0.05) is 5.56 Å². The average molecular weight is 270 g/mol. The Hall–Kier alpha value is -1.84. The van der Waals surface area contributed by atoms with Gasteiger partial charge < -0.3 is 14.6 Å². The van der Waals surface area contributed by atoms with E-state index in [2.05, 4.69) is 0 Å². The van der Waals surface area contributed by atoms with E-state index in [9.17, 15) is 5.11 Å². The second kappa shape index (κ2) is 5.27. The summed E-state index contributed by atoms with van der Waals surface area (Å²) in [4.78, 5) is 0. The van der Waals surface area contributed by atoms with Gasteiger partial charge in [0.1, 0.15) is 11.9 Å². The fraction of sp³-hybridized carbons (Fsp3) is 0.294. The molecule has 0 radical (unpaired) electrons. The summed E-state index contributed by atoms with van der Waals surface area (Å²) in [6.07, 6.45) is -0.684. The molecule has 20 heavy (non-hydrogen) atoms. The predicted molar refractivity (Wildman–Crippen MR) is 76.7 cm³/mol. The SMILES string of the molecule is COc1ccc(C)cc1C(O)c1ccc2c(c1)COC2. The number of hydrogen-bond donors (Lipinski definition) is 1. The Morgan fingerprint density at radius 2 is 1.90 bits per heavy atom. The van der Waals surface area contributed by atoms with E-state index in [0.29, 0.717) is 19.0 Å². The zero-order valence-corrected chi connectivity index (χ0v) is 11.7. The molecule has 1 unspecified atom stereocenters. The molecule has 0 saturated heterocycles. The molecule has 0 bridgehead atoms. The van der Waals surface area contributed by atoms with Crippen molar-refractivity contribution in [3.8, 4) is 5.75 Å². The number of benzene rings is 2. The molecule has 0 saturated carbocycles. The van der Waals surface area contributed by atoms with E-state index in [1.54, 1.807) is 7.11 Å². The third kappa shape index (κ3) is 2.30. The second-order valence-corrected chi connectivity index (χ2v) is 5.17. The van der Waals surface area contributed by atoms with Crippen LogP contribution < -0.4 is 4.74 Å². The maximum Gasteiger partial charge on any atom is 0.125 e. The first-order valence-electron chi connectivity index (χ1n) is 6.71. The number of ether oxygens (including phenoxy) is 2. The molecule has 3 rings (SSSR count). The van der Waals surface area contributed by atoms with Gasteiger partial charge in [-0.3, -0.25) is 0 Å². The Labute approximate surface area is 118 Å². The van der Waals surface area contributed by atoms with Crippen molar-refractivity contribution >= 4 is 0 Å². The van der Waals surface area contributed by atoms with Gasteiger partial charge in [-0.15, -0.1) is 0 Å². The summed E-state index contributed by atoms with van der Waals surface area (Å²) in [5.74, 6) is 0.708. The first-order valence-corrected chi connectivity index (χ1v) is 6.71. The fourth-order valence-electron chi connectivity index (χ4n) is 2.61. The summed E-state index contributed by atoms with van der Waals surface area (Å²) >= 11 is 0. The topological polar surface area (TPSA) is 38.7 Å². The van der Waals surface area contributed by atoms with Crippen LogP contribution in [0.25, 0.3) is 0 Å². The molecule has 3 nitrogen and oxygen atoms in total. The van der Waals surface area contributed by atoms with Crippen LogP contribution in [0, 0.1) is 6.92 Å². The lowest BCUT2D eigenvalue weighted by Crippen LogP contribution is -2.03. The molecule has 1 atom stereocenters. The van der Waals surface area contributed by atoms with Gasteiger partial charge in [0.25, 0.3) is 0 Å². The number of aliphatic hydroxyl groups excluding tert-OH is 1. The van der Waals surface area contributed by atoms with Gasteiger partial charge in [0.15, 0.2) is 0 Å². The average Bonchev–Trinajstić information content (AvgIpc) is 2.93. The van der Waals surface area contributed by atoms with Crippen molar-refractivity contribution in [2.24, 2.45) is 0 Å². The van der Waals surface area contributed by atoms with Crippen LogP contribution in [-0.2, 0) is 18.0 Å². The highest BCUT2D eigenvalue weighted by molar-refractivity contribution is 5.44. The summed E-state index contributed by atoms with van der Waals surface area (Å²) < 4.78 is 10.8. The quantitative estimate of drug-likeness (QED) is 0.931. The van der Waals surface area contributed by atoms with Gasteiger partial charge in [-0.05, 0) is 35.7 Å². The molecule has 1 aliphatic rings. The first kappa shape index (κ1) is 13.2. The lowest BCUT2D eigenvalue weighted by molar-refractivity contribution is 0.134. The summed E-state index contributed by atoms with van der Waals surface area (Å²) in [5, 5.41) is 10.6. The van der Waals surface area contributed by atoms with Crippen LogP contribution in [0.3, 0.4) is 0 Å². The van der Waals surface area contributed by atoms with Gasteiger partial charge in [-0.25, -0.2) is 0 Å². The molecule has 1 heterocycles. The van der Waals surface area contributed by atoms with Crippen LogP contribution >= 0.6 is 0 Å². The Balaban J connectivity index is 2.00. The number of fused-ring (bicyclic) bond motifs is 1. The van der Waals surface area contributed by atoms with Crippen LogP contribution in [0.15, 0.2) is 36.4 Å². The predicted octanol–water partition coefficient (Wildman–Crippen LogP) is 3.12. The Kier molecular flexibility index (Phi) is 3.47. The molecule has 0 aliphatic carbocycles. The van der Waals surface area contributed by atoms with Crippen molar-refractivity contribution < 1.29 is 14.6 Å². The maximum atomic E-state index is 10.6. The van der Waals surface area contributed by atoms with E-state index < -0.39 is 6.10 Å². The van der Waals surface area contributed by atoms with Gasteiger partial charge >= 0.3 is 0 Å². The molecule has 104 valence electrons. The van der Waals surface area contributed by atoms with Crippen molar-refractivity contribution in [1.82, 2.24) is 0 Å². The van der Waals surface area contributed by atoms with Gasteiger partial charge in [0.2, 0.25) is 0 Å². The number of aliphatic hydroxyl groups is 1. The van der Waals surface area contributed by atoms with Crippen molar-refractivity contribution in [2.75, 3.05) is 7.11 Å². The summed E-state index contributed by atoms with van der Waals surface area (Å²) in [6.45, 7) is 3.30. The van der Waals surface area contributed by atoms with E-state index in [1.807, 2.05) is 43.3 Å². The third-order valence-electron chi connectivity index (χ3n) is 3.74. The smallest absolute Gasteiger partial charge is 0.125 e. The van der Waals surface area contributed by atoms with Crippen LogP contribution in [0.4, 0.5) is 0 Å². The molecule has 0 amide bonds. The van der Waals surface area contributed by atoms with E-state index in [1.165, 1.54) is 5.56 Å². The summed E-state index contributed by atoms with van der Waals surface area (Å²) in [5.41, 5.74) is 5.14. The van der Waals surface area contributed by atoms with Crippen molar-refractivity contribution in [2.45, 2.75) is 26.2 Å². The number of methoxy groups -OCH3 is 1. The zero-order chi connectivity index (χ0) is 14.1. The van der Waals surface area contributed by atoms with Gasteiger partial charge in [-0.2, -0.15) is 0 Å². The van der Waals surface area contributed by atoms with Crippen LogP contribution in [0.1, 0.15) is 33.9 Å². The number of rotatable bonds is 3. The van der Waals surface area contributed by atoms with Crippen LogP contribution in [0.2, 0.25) is 0 Å². The minimum atomic E-state index is -0.684. The van der Waals surface area contributed by atoms with Crippen molar-refractivity contribution in [1.29, 1.82) is 0 Å². The third-order valence-corrected chi connectivity index (χ3v) is 3.74. The second-order valence-electron chi connectivity index (χ2n) is 5.17. The highest BCUT2D eigenvalue weighted by Gasteiger charge is 2.18. The van der Waals surface area contributed by atoms with E-state index in [4.69, 9.17) is 9.47 Å². The Morgan fingerprint density at radius 1 is 1.10 bits per heavy atom. The molecule has 1 aliphatic heterocycles. The normalized spacial score (nSPS) is 14.9. The lowest BCUT2D eigenvalue weighted by Gasteiger charge is -2.16. The number of hydrogen-bond acceptors (Lipinski definition) is 3. The number of aryl methyl sites for hydroxylation is 1. The van der Waals surface area contributed by atoms with E-state index >= 15 is 0 Å². The molecule has 0 aromatic heterocycles. The molecule has 2 aromatic carbocycles. The molecular formula is C17H18O3. The Bertz CT molecular complexity index is 634. The van der Waals surface area contributed by atoms with Crippen LogP contribution in [0.5, 0.6) is 5.75 Å². The van der Waals surface area contributed by atoms with Crippen molar-refractivity contribution in [3.05, 3.63) is 64.2 Å². The molecule has 3 heteroatoms. The molecule has 0 spiro atoms. The molecule has 1 N–H and O–H groups in total. The highest BCUT2D eigenvalue weighted by Crippen LogP contribution is 2.32. The fourth-order valence-corrected chi connectivity index (χ4v) is 2.61. The summed E-state index contributed by atoms with van der Waals surface area (Å²) in [7, 11) is 1.62. The zero-order valence-electron chi connectivity index (χ0n) is 11.7. The largest absolute Gasteiger partial charge is 0.496 e. The van der Waals surface area contributed by atoms with Gasteiger partial charge in [-0.1, -0.05) is 29.8 Å². The monoisotopic (exact) mass is 270 g/mol. The minimum absolute atomic E-state index is 0.626. The standard InChI is InChI=1S/C17H18O3/c1-11-3-6-16(19-2)15(7-11)17(18)12-4-5-13-9-20-10-14(13)8-12/h3-8,17-18H,9-10H2,1-2H3. The minimum Gasteiger partial charge on any atom is -0.496 e. The lowest BCUT2D eigenvalue weighted by atomic mass is 9.96. The highest BCUT2D eigenvalue weighted by atomic mass is 16.5.